The first-order valence-electron chi connectivity index (χ1n) is 6.05. The summed E-state index contributed by atoms with van der Waals surface area (Å²) in [5, 5.41) is 9.47. The summed E-state index contributed by atoms with van der Waals surface area (Å²) in [6, 6.07) is 0. The topological polar surface area (TPSA) is 23.5 Å². The van der Waals surface area contributed by atoms with Crippen molar-refractivity contribution in [2.24, 2.45) is 0 Å². The second-order valence-electron chi connectivity index (χ2n) is 4.82. The fourth-order valence-corrected chi connectivity index (χ4v) is 2.50. The van der Waals surface area contributed by atoms with Gasteiger partial charge in [0.05, 0.1) is 6.10 Å². The number of nitrogens with zero attached hydrogens (tertiary/aromatic N) is 1. The minimum atomic E-state index is -0.0472. The number of aliphatic hydroxyl groups is 1. The summed E-state index contributed by atoms with van der Waals surface area (Å²) in [6.45, 7) is 9.05. The van der Waals surface area contributed by atoms with E-state index in [4.69, 9.17) is 0 Å². The molecule has 84 valence electrons. The van der Waals surface area contributed by atoms with Gasteiger partial charge in [0.25, 0.3) is 0 Å². The molecule has 14 heavy (non-hydrogen) atoms. The lowest BCUT2D eigenvalue weighted by atomic mass is 9.88. The highest BCUT2D eigenvalue weighted by Gasteiger charge is 2.31. The van der Waals surface area contributed by atoms with Crippen molar-refractivity contribution in [2.75, 3.05) is 13.1 Å². The maximum absolute atomic E-state index is 9.47. The molecule has 1 saturated heterocycles. The van der Waals surface area contributed by atoms with E-state index in [1.54, 1.807) is 0 Å². The van der Waals surface area contributed by atoms with Crippen LogP contribution in [0.1, 0.15) is 52.9 Å². The predicted octanol–water partition coefficient (Wildman–Crippen LogP) is 2.41. The molecule has 1 fully saturated rings. The maximum atomic E-state index is 9.47. The number of likely N-dealkylation sites (tertiary alicyclic amines) is 1. The molecule has 1 aliphatic rings. The van der Waals surface area contributed by atoms with E-state index in [1.165, 1.54) is 19.3 Å². The third-order valence-corrected chi connectivity index (χ3v) is 3.78. The van der Waals surface area contributed by atoms with Gasteiger partial charge in [-0.15, -0.1) is 0 Å². The van der Waals surface area contributed by atoms with E-state index < -0.39 is 0 Å². The summed E-state index contributed by atoms with van der Waals surface area (Å²) in [5.74, 6) is 0. The van der Waals surface area contributed by atoms with E-state index in [9.17, 15) is 5.11 Å². The smallest absolute Gasteiger partial charge is 0.0564 e. The van der Waals surface area contributed by atoms with Gasteiger partial charge in [0.1, 0.15) is 0 Å². The van der Waals surface area contributed by atoms with Crippen LogP contribution in [0, 0.1) is 0 Å². The summed E-state index contributed by atoms with van der Waals surface area (Å²) in [6.07, 6.45) is 5.62. The number of rotatable bonds is 4. The molecule has 0 aromatic heterocycles. The minimum Gasteiger partial charge on any atom is -0.393 e. The normalized spacial score (nSPS) is 24.9. The Kier molecular flexibility index (Phi) is 4.39. The maximum Gasteiger partial charge on any atom is 0.0564 e. The molecule has 0 radical (unpaired) electrons. The van der Waals surface area contributed by atoms with Crippen molar-refractivity contribution in [1.82, 2.24) is 4.90 Å². The van der Waals surface area contributed by atoms with Crippen molar-refractivity contribution in [2.45, 2.75) is 64.5 Å². The van der Waals surface area contributed by atoms with Crippen LogP contribution in [0.2, 0.25) is 0 Å². The SMILES string of the molecule is CCCC(C)(CC)N1CCC(O)CC1. The molecule has 2 heteroatoms. The van der Waals surface area contributed by atoms with Crippen LogP contribution in [0.25, 0.3) is 0 Å². The molecule has 1 aliphatic heterocycles. The highest BCUT2D eigenvalue weighted by atomic mass is 16.3. The van der Waals surface area contributed by atoms with Crippen LogP contribution < -0.4 is 0 Å². The van der Waals surface area contributed by atoms with Gasteiger partial charge in [0, 0.05) is 18.6 Å². The summed E-state index contributed by atoms with van der Waals surface area (Å²) in [4.78, 5) is 2.57. The number of piperidine rings is 1. The molecule has 1 heterocycles. The number of hydrogen-bond acceptors (Lipinski definition) is 2. The molecule has 0 spiro atoms. The van der Waals surface area contributed by atoms with Crippen molar-refractivity contribution in [1.29, 1.82) is 0 Å². The minimum absolute atomic E-state index is 0.0472. The Bertz CT molecular complexity index is 164. The van der Waals surface area contributed by atoms with Crippen LogP contribution in [0.3, 0.4) is 0 Å². The lowest BCUT2D eigenvalue weighted by Crippen LogP contribution is -2.50. The Balaban J connectivity index is 2.52. The van der Waals surface area contributed by atoms with E-state index in [2.05, 4.69) is 25.7 Å². The summed E-state index contributed by atoms with van der Waals surface area (Å²) in [7, 11) is 0. The number of hydrogen-bond donors (Lipinski definition) is 1. The monoisotopic (exact) mass is 199 g/mol. The highest BCUT2D eigenvalue weighted by Crippen LogP contribution is 2.28. The quantitative estimate of drug-likeness (QED) is 0.751. The van der Waals surface area contributed by atoms with Gasteiger partial charge in [0.15, 0.2) is 0 Å². The van der Waals surface area contributed by atoms with Crippen LogP contribution in [0.15, 0.2) is 0 Å². The molecule has 0 aromatic rings. The molecule has 0 amide bonds. The Hall–Kier alpha value is -0.0800. The zero-order valence-electron chi connectivity index (χ0n) is 9.92. The van der Waals surface area contributed by atoms with E-state index in [-0.39, 0.29) is 6.10 Å². The third kappa shape index (κ3) is 2.71. The van der Waals surface area contributed by atoms with Gasteiger partial charge in [-0.25, -0.2) is 0 Å². The van der Waals surface area contributed by atoms with Crippen molar-refractivity contribution >= 4 is 0 Å². The zero-order chi connectivity index (χ0) is 10.6. The van der Waals surface area contributed by atoms with E-state index in [0.29, 0.717) is 5.54 Å². The summed E-state index contributed by atoms with van der Waals surface area (Å²) in [5.41, 5.74) is 0.370. The molecule has 0 aliphatic carbocycles. The average molecular weight is 199 g/mol. The van der Waals surface area contributed by atoms with Crippen molar-refractivity contribution in [3.8, 4) is 0 Å². The Morgan fingerprint density at radius 2 is 1.86 bits per heavy atom. The molecule has 1 rings (SSSR count). The van der Waals surface area contributed by atoms with Gasteiger partial charge >= 0.3 is 0 Å². The largest absolute Gasteiger partial charge is 0.393 e. The van der Waals surface area contributed by atoms with Crippen molar-refractivity contribution in [3.05, 3.63) is 0 Å². The standard InChI is InChI=1S/C12H25NO/c1-4-8-12(3,5-2)13-9-6-11(14)7-10-13/h11,14H,4-10H2,1-3H3. The highest BCUT2D eigenvalue weighted by molar-refractivity contribution is 4.87. The van der Waals surface area contributed by atoms with Crippen LogP contribution >= 0.6 is 0 Å². The Labute approximate surface area is 88.3 Å². The van der Waals surface area contributed by atoms with Crippen LogP contribution in [-0.2, 0) is 0 Å². The first kappa shape index (κ1) is 12.0. The van der Waals surface area contributed by atoms with E-state index in [0.717, 1.165) is 25.9 Å². The lowest BCUT2D eigenvalue weighted by Gasteiger charge is -2.44. The fraction of sp³-hybridized carbons (Fsp3) is 1.00. The van der Waals surface area contributed by atoms with Crippen molar-refractivity contribution in [3.63, 3.8) is 0 Å². The average Bonchev–Trinajstić information content (AvgIpc) is 2.19. The third-order valence-electron chi connectivity index (χ3n) is 3.78. The molecule has 1 atom stereocenters. The molecule has 1 N–H and O–H groups in total. The van der Waals surface area contributed by atoms with E-state index in [1.807, 2.05) is 0 Å². The first-order valence-corrected chi connectivity index (χ1v) is 6.05. The zero-order valence-corrected chi connectivity index (χ0v) is 9.92. The predicted molar refractivity (Wildman–Crippen MR) is 60.4 cm³/mol. The van der Waals surface area contributed by atoms with Gasteiger partial charge in [-0.05, 0) is 32.6 Å². The van der Waals surface area contributed by atoms with Crippen molar-refractivity contribution < 1.29 is 5.11 Å². The van der Waals surface area contributed by atoms with Gasteiger partial charge < -0.3 is 5.11 Å². The molecule has 0 saturated carbocycles. The molecular weight excluding hydrogens is 174 g/mol. The van der Waals surface area contributed by atoms with Gasteiger partial charge in [-0.2, -0.15) is 0 Å². The Morgan fingerprint density at radius 3 is 2.29 bits per heavy atom. The molecule has 0 bridgehead atoms. The second-order valence-corrected chi connectivity index (χ2v) is 4.82. The summed E-state index contributed by atoms with van der Waals surface area (Å²) < 4.78 is 0. The van der Waals surface area contributed by atoms with Gasteiger partial charge in [0.2, 0.25) is 0 Å². The lowest BCUT2D eigenvalue weighted by molar-refractivity contribution is 0.0163. The van der Waals surface area contributed by atoms with Crippen LogP contribution in [0.4, 0.5) is 0 Å². The van der Waals surface area contributed by atoms with Crippen LogP contribution in [0.5, 0.6) is 0 Å². The molecule has 1 unspecified atom stereocenters. The van der Waals surface area contributed by atoms with Crippen LogP contribution in [-0.4, -0.2) is 34.7 Å². The van der Waals surface area contributed by atoms with E-state index >= 15 is 0 Å². The fourth-order valence-electron chi connectivity index (χ4n) is 2.50. The first-order chi connectivity index (χ1) is 6.62. The molecule has 0 aromatic carbocycles. The second kappa shape index (κ2) is 5.13. The Morgan fingerprint density at radius 1 is 1.29 bits per heavy atom. The van der Waals surface area contributed by atoms with Gasteiger partial charge in [-0.1, -0.05) is 20.3 Å². The summed E-state index contributed by atoms with van der Waals surface area (Å²) >= 11 is 0. The molecule has 2 nitrogen and oxygen atoms in total. The number of aliphatic hydroxyl groups excluding tert-OH is 1. The van der Waals surface area contributed by atoms with Gasteiger partial charge in [-0.3, -0.25) is 4.90 Å². The molecular formula is C12H25NO.